The molecule has 6 rings (SSSR count). The molecule has 5 heteroatoms. The Morgan fingerprint density at radius 3 is 2.24 bits per heavy atom. The fourth-order valence-corrected chi connectivity index (χ4v) is 5.21. The van der Waals surface area contributed by atoms with Crippen molar-refractivity contribution in [2.75, 3.05) is 12.0 Å². The Balaban J connectivity index is 1.34. The Morgan fingerprint density at radius 2 is 1.51 bits per heavy atom. The molecule has 0 N–H and O–H groups in total. The molecule has 1 aromatic heterocycles. The van der Waals surface area contributed by atoms with Crippen LogP contribution in [-0.2, 0) is 13.0 Å². The fraction of sp³-hybridized carbons (Fsp3) is 0.125. The first-order valence-electron chi connectivity index (χ1n) is 12.4. The summed E-state index contributed by atoms with van der Waals surface area (Å²) in [5, 5.41) is 1.06. The molecule has 37 heavy (non-hydrogen) atoms. The molecule has 1 aliphatic rings. The molecule has 0 spiro atoms. The molecular weight excluding hydrogens is 460 g/mol. The number of fused-ring (bicyclic) bond motifs is 3. The van der Waals surface area contributed by atoms with Crippen molar-refractivity contribution < 1.29 is 14.3 Å². The lowest BCUT2D eigenvalue weighted by Gasteiger charge is -2.37. The SMILES string of the molecule is COc1ccc(N2C(=O)c3cc4ccccc4n3CC2Cc2ccc(C(=O)c3ccccc3)cc2)cc1. The lowest BCUT2D eigenvalue weighted by atomic mass is 9.97. The molecule has 2 heterocycles. The number of ketones is 1. The lowest BCUT2D eigenvalue weighted by Crippen LogP contribution is -2.49. The number of methoxy groups -OCH3 is 1. The van der Waals surface area contributed by atoms with Crippen molar-refractivity contribution in [1.82, 2.24) is 4.57 Å². The summed E-state index contributed by atoms with van der Waals surface area (Å²) in [5.41, 5.74) is 4.99. The highest BCUT2D eigenvalue weighted by molar-refractivity contribution is 6.10. The van der Waals surface area contributed by atoms with Crippen molar-refractivity contribution in [1.29, 1.82) is 0 Å². The number of nitrogens with zero attached hydrogens (tertiary/aromatic N) is 2. The van der Waals surface area contributed by atoms with Gasteiger partial charge >= 0.3 is 0 Å². The molecule has 5 nitrogen and oxygen atoms in total. The maximum absolute atomic E-state index is 13.9. The molecule has 4 aromatic carbocycles. The average Bonchev–Trinajstić information content (AvgIpc) is 3.33. The molecule has 0 aliphatic carbocycles. The van der Waals surface area contributed by atoms with Crippen LogP contribution in [-0.4, -0.2) is 29.4 Å². The quantitative estimate of drug-likeness (QED) is 0.271. The van der Waals surface area contributed by atoms with E-state index in [9.17, 15) is 9.59 Å². The zero-order chi connectivity index (χ0) is 25.4. The number of hydrogen-bond donors (Lipinski definition) is 0. The summed E-state index contributed by atoms with van der Waals surface area (Å²) in [4.78, 5) is 28.6. The van der Waals surface area contributed by atoms with Gasteiger partial charge in [-0.15, -0.1) is 0 Å². The van der Waals surface area contributed by atoms with Crippen LogP contribution >= 0.6 is 0 Å². The van der Waals surface area contributed by atoms with Crippen LogP contribution in [0.4, 0.5) is 5.69 Å². The van der Waals surface area contributed by atoms with Gasteiger partial charge in [0.2, 0.25) is 0 Å². The zero-order valence-electron chi connectivity index (χ0n) is 20.5. The monoisotopic (exact) mass is 486 g/mol. The minimum absolute atomic E-state index is 0.00306. The molecule has 0 fully saturated rings. The van der Waals surface area contributed by atoms with Gasteiger partial charge in [-0.2, -0.15) is 0 Å². The van der Waals surface area contributed by atoms with Gasteiger partial charge in [0.15, 0.2) is 5.78 Å². The first kappa shape index (κ1) is 22.8. The number of carbonyl (C=O) groups is 2. The van der Waals surface area contributed by atoms with Gasteiger partial charge in [-0.3, -0.25) is 9.59 Å². The summed E-state index contributed by atoms with van der Waals surface area (Å²) in [6.45, 7) is 0.672. The van der Waals surface area contributed by atoms with E-state index >= 15 is 0 Å². The summed E-state index contributed by atoms with van der Waals surface area (Å²) in [6, 6.07) is 34.7. The molecule has 1 atom stereocenters. The second kappa shape index (κ2) is 9.43. The summed E-state index contributed by atoms with van der Waals surface area (Å²) in [7, 11) is 1.63. The van der Waals surface area contributed by atoms with Gasteiger partial charge in [0.25, 0.3) is 5.91 Å². The van der Waals surface area contributed by atoms with Crippen molar-refractivity contribution in [3.63, 3.8) is 0 Å². The van der Waals surface area contributed by atoms with Crippen LogP contribution in [0.5, 0.6) is 5.75 Å². The van der Waals surface area contributed by atoms with Crippen LogP contribution in [0.15, 0.2) is 109 Å². The topological polar surface area (TPSA) is 51.5 Å². The maximum Gasteiger partial charge on any atom is 0.275 e. The van der Waals surface area contributed by atoms with Gasteiger partial charge in [-0.25, -0.2) is 0 Å². The van der Waals surface area contributed by atoms with E-state index in [4.69, 9.17) is 4.74 Å². The summed E-state index contributed by atoms with van der Waals surface area (Å²) >= 11 is 0. The molecule has 182 valence electrons. The predicted octanol–water partition coefficient (Wildman–Crippen LogP) is 6.15. The third-order valence-corrected chi connectivity index (χ3v) is 7.08. The Hall–Kier alpha value is -4.64. The van der Waals surface area contributed by atoms with Crippen molar-refractivity contribution >= 4 is 28.3 Å². The summed E-state index contributed by atoms with van der Waals surface area (Å²) < 4.78 is 7.46. The smallest absolute Gasteiger partial charge is 0.275 e. The highest BCUT2D eigenvalue weighted by Crippen LogP contribution is 2.32. The van der Waals surface area contributed by atoms with Gasteiger partial charge in [0.05, 0.1) is 13.2 Å². The summed E-state index contributed by atoms with van der Waals surface area (Å²) in [5.74, 6) is 0.731. The molecule has 1 amide bonds. The van der Waals surface area contributed by atoms with Crippen LogP contribution < -0.4 is 9.64 Å². The van der Waals surface area contributed by atoms with Crippen LogP contribution in [0.1, 0.15) is 32.0 Å². The highest BCUT2D eigenvalue weighted by atomic mass is 16.5. The standard InChI is InChI=1S/C32H26N2O3/c1-37-28-17-15-26(16-18-28)34-27(21-33-29-10-6-5-9-25(29)20-30(33)32(34)36)19-22-11-13-24(14-12-22)31(35)23-7-3-2-4-8-23/h2-18,20,27H,19,21H2,1H3. The van der Waals surface area contributed by atoms with Gasteiger partial charge in [0.1, 0.15) is 11.4 Å². The van der Waals surface area contributed by atoms with Gasteiger partial charge in [0, 0.05) is 34.3 Å². The molecule has 0 saturated heterocycles. The van der Waals surface area contributed by atoms with E-state index in [1.807, 2.05) is 108 Å². The maximum atomic E-state index is 13.9. The normalized spacial score (nSPS) is 15.0. The van der Waals surface area contributed by atoms with E-state index < -0.39 is 0 Å². The Bertz CT molecular complexity index is 1590. The van der Waals surface area contributed by atoms with Gasteiger partial charge in [-0.05, 0) is 48.4 Å². The van der Waals surface area contributed by atoms with E-state index in [1.54, 1.807) is 7.11 Å². The molecule has 1 unspecified atom stereocenters. The van der Waals surface area contributed by atoms with Gasteiger partial charge in [-0.1, -0.05) is 72.8 Å². The average molecular weight is 487 g/mol. The second-order valence-electron chi connectivity index (χ2n) is 9.32. The Morgan fingerprint density at radius 1 is 0.838 bits per heavy atom. The minimum atomic E-state index is -0.0973. The van der Waals surface area contributed by atoms with E-state index in [0.717, 1.165) is 27.9 Å². The number of aromatic nitrogens is 1. The van der Waals surface area contributed by atoms with Crippen molar-refractivity contribution in [2.24, 2.45) is 0 Å². The number of carbonyl (C=O) groups excluding carboxylic acids is 2. The molecular formula is C32H26N2O3. The minimum Gasteiger partial charge on any atom is -0.497 e. The lowest BCUT2D eigenvalue weighted by molar-refractivity contribution is 0.0948. The van der Waals surface area contributed by atoms with E-state index in [-0.39, 0.29) is 17.7 Å². The molecule has 0 saturated carbocycles. The number of ether oxygens (including phenoxy) is 1. The van der Waals surface area contributed by atoms with Crippen molar-refractivity contribution in [3.05, 3.63) is 132 Å². The number of hydrogen-bond acceptors (Lipinski definition) is 3. The number of para-hydroxylation sites is 1. The van der Waals surface area contributed by atoms with Crippen LogP contribution in [0.25, 0.3) is 10.9 Å². The third-order valence-electron chi connectivity index (χ3n) is 7.08. The highest BCUT2D eigenvalue weighted by Gasteiger charge is 2.34. The van der Waals surface area contributed by atoms with Crippen LogP contribution in [0.3, 0.4) is 0 Å². The van der Waals surface area contributed by atoms with Gasteiger partial charge < -0.3 is 14.2 Å². The number of benzene rings is 4. The number of anilines is 1. The fourth-order valence-electron chi connectivity index (χ4n) is 5.21. The molecule has 0 bridgehead atoms. The van der Waals surface area contributed by atoms with E-state index in [0.29, 0.717) is 29.8 Å². The zero-order valence-corrected chi connectivity index (χ0v) is 20.5. The predicted molar refractivity (Wildman–Crippen MR) is 146 cm³/mol. The Labute approximate surface area is 215 Å². The van der Waals surface area contributed by atoms with Crippen LogP contribution in [0.2, 0.25) is 0 Å². The molecule has 5 aromatic rings. The Kier molecular flexibility index (Phi) is 5.81. The van der Waals surface area contributed by atoms with Crippen molar-refractivity contribution in [2.45, 2.75) is 19.0 Å². The van der Waals surface area contributed by atoms with Crippen LogP contribution in [0, 0.1) is 0 Å². The molecule has 1 aliphatic heterocycles. The second-order valence-corrected chi connectivity index (χ2v) is 9.32. The van der Waals surface area contributed by atoms with Crippen molar-refractivity contribution in [3.8, 4) is 5.75 Å². The first-order chi connectivity index (χ1) is 18.1. The first-order valence-corrected chi connectivity index (χ1v) is 12.4. The number of amides is 1. The van der Waals surface area contributed by atoms with E-state index in [2.05, 4.69) is 10.6 Å². The third kappa shape index (κ3) is 4.19. The van der Waals surface area contributed by atoms with E-state index in [1.165, 1.54) is 0 Å². The largest absolute Gasteiger partial charge is 0.497 e. The molecule has 0 radical (unpaired) electrons. The summed E-state index contributed by atoms with van der Waals surface area (Å²) in [6.07, 6.45) is 0.656. The number of rotatable bonds is 6.